The molecule has 2 heterocycles. The van der Waals surface area contributed by atoms with Crippen LogP contribution in [0, 0.1) is 0 Å². The molecule has 0 N–H and O–H groups in total. The Bertz CT molecular complexity index is 2030. The van der Waals surface area contributed by atoms with E-state index >= 15 is 0 Å². The maximum Gasteiger partial charge on any atom is 0.0928 e. The quantitative estimate of drug-likeness (QED) is 0.208. The summed E-state index contributed by atoms with van der Waals surface area (Å²) in [5.41, 5.74) is 19.8. The summed E-state index contributed by atoms with van der Waals surface area (Å²) in [7, 11) is 0. The largest absolute Gasteiger partial charge is 0.246 e. The fourth-order valence-electron chi connectivity index (χ4n) is 8.11. The van der Waals surface area contributed by atoms with Gasteiger partial charge in [-0.2, -0.15) is 0 Å². The van der Waals surface area contributed by atoms with Gasteiger partial charge in [0.15, 0.2) is 0 Å². The minimum atomic E-state index is -0.0367. The molecule has 0 saturated heterocycles. The van der Waals surface area contributed by atoms with E-state index in [1.54, 1.807) is 0 Å². The van der Waals surface area contributed by atoms with Gasteiger partial charge in [0.2, 0.25) is 0 Å². The predicted octanol–water partition coefficient (Wildman–Crippen LogP) is 10.2. The number of pyridine rings is 2. The molecule has 0 amide bonds. The molecule has 2 heteroatoms. The van der Waals surface area contributed by atoms with Gasteiger partial charge in [-0.1, -0.05) is 113 Å². The van der Waals surface area contributed by atoms with Gasteiger partial charge in [-0.3, -0.25) is 0 Å². The normalized spacial score (nSPS) is 15.9. The Labute approximate surface area is 259 Å². The number of rotatable bonds is 2. The van der Waals surface area contributed by atoms with Gasteiger partial charge in [0.05, 0.1) is 22.8 Å². The van der Waals surface area contributed by atoms with Gasteiger partial charge in [-0.05, 0) is 92.7 Å². The van der Waals surface area contributed by atoms with Crippen LogP contribution in [0.5, 0.6) is 0 Å². The van der Waals surface area contributed by atoms with E-state index in [0.29, 0.717) is 0 Å². The molecule has 0 aliphatic heterocycles. The summed E-state index contributed by atoms with van der Waals surface area (Å²) < 4.78 is 0. The molecule has 4 aromatic carbocycles. The lowest BCUT2D eigenvalue weighted by Crippen LogP contribution is -2.15. The highest BCUT2D eigenvalue weighted by Crippen LogP contribution is 2.51. The Hall–Kier alpha value is -4.82. The van der Waals surface area contributed by atoms with E-state index in [4.69, 9.17) is 9.97 Å². The molecule has 0 fully saturated rings. The van der Waals surface area contributed by atoms with Gasteiger partial charge in [0.25, 0.3) is 0 Å². The van der Waals surface area contributed by atoms with Crippen molar-refractivity contribution in [3.05, 3.63) is 143 Å². The van der Waals surface area contributed by atoms with Crippen LogP contribution in [-0.2, 0) is 23.7 Å². The highest BCUT2D eigenvalue weighted by atomic mass is 14.8. The third kappa shape index (κ3) is 3.48. The average Bonchev–Trinajstić information content (AvgIpc) is 3.43. The SMILES string of the molecule is CC1(C)c2ccccc2-c2ccc(-c3ccc4c(n3)-c3nc(-c5ccc6c(c5)C(C)(C)c5ccccc5-6)ccc3CC4)cc21. The van der Waals surface area contributed by atoms with Crippen LogP contribution < -0.4 is 0 Å². The minimum Gasteiger partial charge on any atom is -0.246 e. The van der Waals surface area contributed by atoms with E-state index < -0.39 is 0 Å². The van der Waals surface area contributed by atoms with Crippen molar-refractivity contribution >= 4 is 0 Å². The molecular formula is C42H34N2. The maximum absolute atomic E-state index is 5.33. The van der Waals surface area contributed by atoms with E-state index in [1.165, 1.54) is 55.6 Å². The standard InChI is InChI=1S/C42H34N2/c1-41(2)33-11-7-5-9-29(33)31-19-15-27(23-35(31)41)37-21-17-25-13-14-26-18-22-38(44-40(26)39(25)43-37)28-16-20-32-30-10-6-8-12-34(30)42(3,4)36(32)24-28/h5-12,15-24H,13-14H2,1-4H3. The third-order valence-corrected chi connectivity index (χ3v) is 10.6. The summed E-state index contributed by atoms with van der Waals surface area (Å²) >= 11 is 0. The van der Waals surface area contributed by atoms with Crippen molar-refractivity contribution in [3.8, 4) is 56.2 Å². The molecule has 212 valence electrons. The van der Waals surface area contributed by atoms with Gasteiger partial charge in [0, 0.05) is 22.0 Å². The van der Waals surface area contributed by atoms with Crippen LogP contribution in [0.1, 0.15) is 61.1 Å². The summed E-state index contributed by atoms with van der Waals surface area (Å²) in [4.78, 5) is 10.7. The number of benzene rings is 4. The molecule has 0 radical (unpaired) electrons. The van der Waals surface area contributed by atoms with Crippen LogP contribution in [0.25, 0.3) is 56.2 Å². The smallest absolute Gasteiger partial charge is 0.0928 e. The van der Waals surface area contributed by atoms with Gasteiger partial charge in [-0.25, -0.2) is 9.97 Å². The molecular weight excluding hydrogens is 532 g/mol. The van der Waals surface area contributed by atoms with Crippen LogP contribution in [-0.4, -0.2) is 9.97 Å². The summed E-state index contributed by atoms with van der Waals surface area (Å²) in [6.45, 7) is 9.34. The van der Waals surface area contributed by atoms with Gasteiger partial charge < -0.3 is 0 Å². The van der Waals surface area contributed by atoms with E-state index in [0.717, 1.165) is 46.7 Å². The second-order valence-electron chi connectivity index (χ2n) is 13.8. The molecule has 9 rings (SSSR count). The molecule has 2 aromatic heterocycles. The molecule has 44 heavy (non-hydrogen) atoms. The molecule has 0 bridgehead atoms. The predicted molar refractivity (Wildman–Crippen MR) is 181 cm³/mol. The van der Waals surface area contributed by atoms with E-state index in [1.807, 2.05) is 0 Å². The molecule has 3 aliphatic carbocycles. The Morgan fingerprint density at radius 2 is 0.841 bits per heavy atom. The number of hydrogen-bond acceptors (Lipinski definition) is 2. The lowest BCUT2D eigenvalue weighted by molar-refractivity contribution is 0.660. The van der Waals surface area contributed by atoms with E-state index in [-0.39, 0.29) is 10.8 Å². The zero-order chi connectivity index (χ0) is 29.8. The van der Waals surface area contributed by atoms with E-state index in [9.17, 15) is 0 Å². The average molecular weight is 567 g/mol. The van der Waals surface area contributed by atoms with Crippen molar-refractivity contribution in [2.75, 3.05) is 0 Å². The number of aromatic nitrogens is 2. The van der Waals surface area contributed by atoms with Gasteiger partial charge in [-0.15, -0.1) is 0 Å². The summed E-state index contributed by atoms with van der Waals surface area (Å²) in [6.07, 6.45) is 1.99. The third-order valence-electron chi connectivity index (χ3n) is 10.6. The summed E-state index contributed by atoms with van der Waals surface area (Å²) in [5, 5.41) is 0. The number of nitrogens with zero attached hydrogens (tertiary/aromatic N) is 2. The molecule has 6 aromatic rings. The second-order valence-corrected chi connectivity index (χ2v) is 13.8. The van der Waals surface area contributed by atoms with Crippen molar-refractivity contribution in [2.45, 2.75) is 51.4 Å². The molecule has 0 unspecified atom stereocenters. The number of aryl methyl sites for hydroxylation is 2. The first kappa shape index (κ1) is 25.7. The maximum atomic E-state index is 5.33. The Balaban J connectivity index is 1.12. The first-order valence-electron chi connectivity index (χ1n) is 15.8. The topological polar surface area (TPSA) is 25.8 Å². The van der Waals surface area contributed by atoms with Gasteiger partial charge in [0.1, 0.15) is 0 Å². The number of fused-ring (bicyclic) bond motifs is 9. The van der Waals surface area contributed by atoms with Crippen molar-refractivity contribution in [1.29, 1.82) is 0 Å². The molecule has 0 saturated carbocycles. The van der Waals surface area contributed by atoms with Crippen LogP contribution in [0.15, 0.2) is 109 Å². The zero-order valence-corrected chi connectivity index (χ0v) is 25.7. The summed E-state index contributed by atoms with van der Waals surface area (Å²) in [5.74, 6) is 0. The van der Waals surface area contributed by atoms with Crippen LogP contribution in [0.4, 0.5) is 0 Å². The fourth-order valence-corrected chi connectivity index (χ4v) is 8.11. The summed E-state index contributed by atoms with van der Waals surface area (Å²) in [6, 6.07) is 40.4. The van der Waals surface area contributed by atoms with Crippen LogP contribution in [0.3, 0.4) is 0 Å². The Morgan fingerprint density at radius 3 is 1.30 bits per heavy atom. The second kappa shape index (κ2) is 8.86. The highest BCUT2D eigenvalue weighted by molar-refractivity contribution is 5.85. The Morgan fingerprint density at radius 1 is 0.432 bits per heavy atom. The number of hydrogen-bond donors (Lipinski definition) is 0. The van der Waals surface area contributed by atoms with Crippen molar-refractivity contribution in [2.24, 2.45) is 0 Å². The molecule has 3 aliphatic rings. The Kier molecular flexibility index (Phi) is 5.17. The van der Waals surface area contributed by atoms with Crippen molar-refractivity contribution < 1.29 is 0 Å². The monoisotopic (exact) mass is 566 g/mol. The molecule has 0 spiro atoms. The van der Waals surface area contributed by atoms with Crippen LogP contribution in [0.2, 0.25) is 0 Å². The first-order chi connectivity index (χ1) is 21.3. The highest BCUT2D eigenvalue weighted by Gasteiger charge is 2.36. The molecule has 0 atom stereocenters. The van der Waals surface area contributed by atoms with E-state index in [2.05, 4.69) is 137 Å². The van der Waals surface area contributed by atoms with Crippen molar-refractivity contribution in [3.63, 3.8) is 0 Å². The molecule has 2 nitrogen and oxygen atoms in total. The minimum absolute atomic E-state index is 0.0367. The lowest BCUT2D eigenvalue weighted by Gasteiger charge is -2.23. The van der Waals surface area contributed by atoms with Gasteiger partial charge >= 0.3 is 0 Å². The van der Waals surface area contributed by atoms with Crippen molar-refractivity contribution in [1.82, 2.24) is 9.97 Å². The zero-order valence-electron chi connectivity index (χ0n) is 25.7. The van der Waals surface area contributed by atoms with Crippen LogP contribution >= 0.6 is 0 Å². The fraction of sp³-hybridized carbons (Fsp3) is 0.190. The first-order valence-corrected chi connectivity index (χ1v) is 15.8. The lowest BCUT2D eigenvalue weighted by atomic mass is 9.81.